The molecule has 1 amide bonds. The predicted octanol–water partition coefficient (Wildman–Crippen LogP) is 4.73. The number of amides is 1. The smallest absolute Gasteiger partial charge is 0.415 e. The number of piperidine rings is 1. The van der Waals surface area contributed by atoms with Gasteiger partial charge in [0, 0.05) is 5.41 Å². The zero-order chi connectivity index (χ0) is 22.2. The van der Waals surface area contributed by atoms with Crippen LogP contribution in [0.3, 0.4) is 0 Å². The Balaban J connectivity index is 1.89. The molecule has 5 heteroatoms. The molecular weight excluding hydrogens is 388 g/mol. The second-order valence-corrected chi connectivity index (χ2v) is 9.88. The van der Waals surface area contributed by atoms with Crippen LogP contribution in [0.5, 0.6) is 0 Å². The van der Waals surface area contributed by atoms with Crippen LogP contribution in [-0.4, -0.2) is 35.9 Å². The minimum atomic E-state index is -0.599. The van der Waals surface area contributed by atoms with Gasteiger partial charge in [-0.1, -0.05) is 42.5 Å². The molecule has 2 heterocycles. The number of nitrogens with one attached hydrogen (secondary N) is 1. The lowest BCUT2D eigenvalue weighted by molar-refractivity contribution is 0.0551. The molecule has 4 rings (SSSR count). The summed E-state index contributed by atoms with van der Waals surface area (Å²) in [5.74, 6) is 0. The molecule has 31 heavy (non-hydrogen) atoms. The highest BCUT2D eigenvalue weighted by Crippen LogP contribution is 2.54. The first-order valence-corrected chi connectivity index (χ1v) is 11.3. The third-order valence-corrected chi connectivity index (χ3v) is 6.59. The van der Waals surface area contributed by atoms with E-state index in [9.17, 15) is 9.90 Å². The van der Waals surface area contributed by atoms with Crippen molar-refractivity contribution >= 4 is 11.8 Å². The van der Waals surface area contributed by atoms with Crippen molar-refractivity contribution in [3.63, 3.8) is 0 Å². The summed E-state index contributed by atoms with van der Waals surface area (Å²) in [7, 11) is 0. The van der Waals surface area contributed by atoms with E-state index >= 15 is 0 Å². The van der Waals surface area contributed by atoms with Gasteiger partial charge in [-0.15, -0.1) is 0 Å². The lowest BCUT2D eigenvalue weighted by Gasteiger charge is -2.42. The van der Waals surface area contributed by atoms with E-state index in [1.807, 2.05) is 69.0 Å². The molecule has 2 aliphatic rings. The van der Waals surface area contributed by atoms with E-state index in [0.717, 1.165) is 49.2 Å². The Bertz CT molecular complexity index is 927. The summed E-state index contributed by atoms with van der Waals surface area (Å²) in [6.07, 6.45) is 1.67. The number of anilines is 1. The van der Waals surface area contributed by atoms with Crippen molar-refractivity contribution < 1.29 is 14.6 Å². The monoisotopic (exact) mass is 422 g/mol. The Morgan fingerprint density at radius 2 is 1.84 bits per heavy atom. The van der Waals surface area contributed by atoms with Gasteiger partial charge < -0.3 is 15.2 Å². The molecule has 2 aromatic carbocycles. The van der Waals surface area contributed by atoms with Crippen molar-refractivity contribution in [3.05, 3.63) is 65.2 Å². The predicted molar refractivity (Wildman–Crippen MR) is 124 cm³/mol. The lowest BCUT2D eigenvalue weighted by atomic mass is 9.67. The average Bonchev–Trinajstić information content (AvgIpc) is 2.97. The van der Waals surface area contributed by atoms with Gasteiger partial charge in [-0.05, 0) is 82.8 Å². The normalized spacial score (nSPS) is 21.1. The Morgan fingerprint density at radius 3 is 2.45 bits per heavy atom. The van der Waals surface area contributed by atoms with Crippen molar-refractivity contribution in [1.82, 2.24) is 5.32 Å². The Labute approximate surface area is 185 Å². The molecule has 2 atom stereocenters. The third kappa shape index (κ3) is 4.09. The van der Waals surface area contributed by atoms with Gasteiger partial charge in [-0.3, -0.25) is 4.90 Å². The Morgan fingerprint density at radius 1 is 1.16 bits per heavy atom. The van der Waals surface area contributed by atoms with E-state index < -0.39 is 11.7 Å². The number of hydrogen-bond acceptors (Lipinski definition) is 4. The summed E-state index contributed by atoms with van der Waals surface area (Å²) in [6.45, 7) is 9.30. The fraction of sp³-hybridized carbons (Fsp3) is 0.500. The molecule has 1 fully saturated rings. The maximum absolute atomic E-state index is 13.6. The van der Waals surface area contributed by atoms with Crippen molar-refractivity contribution in [1.29, 1.82) is 0 Å². The van der Waals surface area contributed by atoms with Crippen LogP contribution in [0, 0.1) is 0 Å². The number of rotatable bonds is 3. The van der Waals surface area contributed by atoms with Crippen molar-refractivity contribution in [2.24, 2.45) is 0 Å². The summed E-state index contributed by atoms with van der Waals surface area (Å²) in [4.78, 5) is 15.4. The van der Waals surface area contributed by atoms with Gasteiger partial charge in [0.25, 0.3) is 0 Å². The summed E-state index contributed by atoms with van der Waals surface area (Å²) in [5, 5.41) is 14.1. The van der Waals surface area contributed by atoms with Crippen LogP contribution in [0.4, 0.5) is 10.5 Å². The summed E-state index contributed by atoms with van der Waals surface area (Å²) in [6, 6.07) is 16.3. The van der Waals surface area contributed by atoms with Crippen LogP contribution in [0.2, 0.25) is 0 Å². The molecule has 1 saturated heterocycles. The van der Waals surface area contributed by atoms with Crippen molar-refractivity contribution in [2.75, 3.05) is 18.0 Å². The first-order chi connectivity index (χ1) is 14.7. The highest BCUT2D eigenvalue weighted by atomic mass is 16.6. The van der Waals surface area contributed by atoms with Crippen LogP contribution in [0.25, 0.3) is 0 Å². The molecule has 1 unspecified atom stereocenters. The first-order valence-electron chi connectivity index (χ1n) is 11.3. The SMILES string of the molecule is C[C@@H](O)c1cccc2c1C1(CCNCC1)C(Cc1ccccc1)N2C(=O)OC(C)(C)C. The summed E-state index contributed by atoms with van der Waals surface area (Å²) in [5.41, 5.74) is 3.32. The largest absolute Gasteiger partial charge is 0.443 e. The Hall–Kier alpha value is -2.37. The molecule has 0 aromatic heterocycles. The topological polar surface area (TPSA) is 61.8 Å². The number of aliphatic hydroxyl groups excluding tert-OH is 1. The fourth-order valence-corrected chi connectivity index (χ4v) is 5.35. The number of carbonyl (C=O) groups is 1. The lowest BCUT2D eigenvalue weighted by Crippen LogP contribution is -2.54. The number of aliphatic hydroxyl groups is 1. The van der Waals surface area contributed by atoms with Crippen LogP contribution < -0.4 is 10.2 Å². The van der Waals surface area contributed by atoms with Crippen molar-refractivity contribution in [3.8, 4) is 0 Å². The third-order valence-electron chi connectivity index (χ3n) is 6.59. The molecule has 2 aliphatic heterocycles. The van der Waals surface area contributed by atoms with E-state index in [1.54, 1.807) is 0 Å². The van der Waals surface area contributed by atoms with Crippen LogP contribution in [0.1, 0.15) is 63.3 Å². The van der Waals surface area contributed by atoms with Gasteiger partial charge >= 0.3 is 6.09 Å². The van der Waals surface area contributed by atoms with Crippen LogP contribution in [0.15, 0.2) is 48.5 Å². The molecule has 0 radical (unpaired) electrons. The van der Waals surface area contributed by atoms with E-state index in [1.165, 1.54) is 5.56 Å². The van der Waals surface area contributed by atoms with Gasteiger partial charge in [0.05, 0.1) is 17.8 Å². The molecule has 0 bridgehead atoms. The number of nitrogens with zero attached hydrogens (tertiary/aromatic N) is 1. The molecule has 2 aromatic rings. The van der Waals surface area contributed by atoms with Crippen LogP contribution in [-0.2, 0) is 16.6 Å². The molecule has 5 nitrogen and oxygen atoms in total. The standard InChI is InChI=1S/C26H34N2O3/c1-18(29)20-11-8-12-21-23(20)26(13-15-27-16-14-26)22(17-19-9-6-5-7-10-19)28(21)24(30)31-25(2,3)4/h5-12,18,22,27,29H,13-17H2,1-4H3/t18-,22?/m1/s1. The second kappa shape index (κ2) is 8.29. The minimum absolute atomic E-state index is 0.0678. The van der Waals surface area contributed by atoms with E-state index in [4.69, 9.17) is 4.74 Å². The van der Waals surface area contributed by atoms with Gasteiger partial charge in [0.15, 0.2) is 0 Å². The van der Waals surface area contributed by atoms with E-state index in [-0.39, 0.29) is 17.6 Å². The average molecular weight is 423 g/mol. The first kappa shape index (κ1) is 21.8. The Kier molecular flexibility index (Phi) is 5.84. The number of hydrogen-bond donors (Lipinski definition) is 2. The zero-order valence-corrected chi connectivity index (χ0v) is 19.0. The molecule has 1 spiro atoms. The quantitative estimate of drug-likeness (QED) is 0.751. The minimum Gasteiger partial charge on any atom is -0.443 e. The molecule has 0 aliphatic carbocycles. The van der Waals surface area contributed by atoms with Gasteiger partial charge in [-0.2, -0.15) is 0 Å². The second-order valence-electron chi connectivity index (χ2n) is 9.88. The van der Waals surface area contributed by atoms with Gasteiger partial charge in [0.2, 0.25) is 0 Å². The summed E-state index contributed by atoms with van der Waals surface area (Å²) < 4.78 is 5.89. The number of fused-ring (bicyclic) bond motifs is 2. The molecular formula is C26H34N2O3. The number of benzene rings is 2. The van der Waals surface area contributed by atoms with E-state index in [0.29, 0.717) is 0 Å². The van der Waals surface area contributed by atoms with Gasteiger partial charge in [0.1, 0.15) is 5.60 Å². The maximum atomic E-state index is 13.6. The number of carbonyl (C=O) groups excluding carboxylic acids is 1. The highest BCUT2D eigenvalue weighted by molar-refractivity contribution is 5.93. The van der Waals surface area contributed by atoms with Gasteiger partial charge in [-0.25, -0.2) is 4.79 Å². The van der Waals surface area contributed by atoms with Crippen molar-refractivity contribution in [2.45, 2.75) is 70.1 Å². The van der Waals surface area contributed by atoms with E-state index in [2.05, 4.69) is 17.4 Å². The zero-order valence-electron chi connectivity index (χ0n) is 19.0. The maximum Gasteiger partial charge on any atom is 0.415 e. The van der Waals surface area contributed by atoms with Crippen LogP contribution >= 0.6 is 0 Å². The molecule has 2 N–H and O–H groups in total. The summed E-state index contributed by atoms with van der Waals surface area (Å²) >= 11 is 0. The highest BCUT2D eigenvalue weighted by Gasteiger charge is 2.55. The number of ether oxygens (including phenoxy) is 1. The fourth-order valence-electron chi connectivity index (χ4n) is 5.35. The molecule has 166 valence electrons. The molecule has 0 saturated carbocycles.